The highest BCUT2D eigenvalue weighted by molar-refractivity contribution is 7.03. The Hall–Kier alpha value is -3.06. The molecule has 0 spiro atoms. The van der Waals surface area contributed by atoms with Gasteiger partial charge in [0.15, 0.2) is 5.69 Å². The fraction of sp³-hybridized carbons (Fsp3) is 0.238. The molecule has 0 saturated carbocycles. The third-order valence-corrected chi connectivity index (χ3v) is 4.86. The first kappa shape index (κ1) is 19.7. The quantitative estimate of drug-likeness (QED) is 0.668. The highest BCUT2D eigenvalue weighted by atomic mass is 32.1. The van der Waals surface area contributed by atoms with Gasteiger partial charge in [-0.25, -0.2) is 0 Å². The number of aryl methyl sites for hydroxylation is 2. The molecule has 7 heteroatoms. The monoisotopic (exact) mass is 394 g/mol. The van der Waals surface area contributed by atoms with Crippen molar-refractivity contribution in [3.05, 3.63) is 76.3 Å². The van der Waals surface area contributed by atoms with Crippen LogP contribution in [0.25, 0.3) is 0 Å². The molecule has 0 bridgehead atoms. The lowest BCUT2D eigenvalue weighted by molar-refractivity contribution is -0.119. The van der Waals surface area contributed by atoms with Crippen molar-refractivity contribution in [1.82, 2.24) is 14.9 Å². The molecule has 0 atom stereocenters. The van der Waals surface area contributed by atoms with Crippen molar-refractivity contribution in [1.29, 1.82) is 0 Å². The average Bonchev–Trinajstić information content (AvgIpc) is 3.23. The van der Waals surface area contributed by atoms with Crippen LogP contribution in [-0.4, -0.2) is 34.5 Å². The second kappa shape index (κ2) is 9.23. The van der Waals surface area contributed by atoms with E-state index >= 15 is 0 Å². The number of nitrogens with one attached hydrogen (secondary N) is 1. The molecule has 3 rings (SSSR count). The van der Waals surface area contributed by atoms with E-state index in [4.69, 9.17) is 0 Å². The zero-order chi connectivity index (χ0) is 19.9. The first-order chi connectivity index (χ1) is 13.5. The molecular weight excluding hydrogens is 372 g/mol. The van der Waals surface area contributed by atoms with Crippen molar-refractivity contribution in [3.8, 4) is 0 Å². The summed E-state index contributed by atoms with van der Waals surface area (Å²) in [5, 5.41) is 8.36. The van der Waals surface area contributed by atoms with Gasteiger partial charge in [-0.2, -0.15) is 0 Å². The Morgan fingerprint density at radius 3 is 2.61 bits per heavy atom. The zero-order valence-corrected chi connectivity index (χ0v) is 16.7. The SMILES string of the molecule is Cc1ccc(C)c(N(CC(=O)NCCc2ccccc2)C(=O)c2csnn2)c1. The Balaban J connectivity index is 1.72. The maximum absolute atomic E-state index is 13.0. The highest BCUT2D eigenvalue weighted by Gasteiger charge is 2.24. The number of hydrogen-bond acceptors (Lipinski definition) is 5. The minimum atomic E-state index is -0.333. The normalized spacial score (nSPS) is 10.5. The van der Waals surface area contributed by atoms with Crippen LogP contribution in [0.3, 0.4) is 0 Å². The van der Waals surface area contributed by atoms with Gasteiger partial charge in [0, 0.05) is 17.6 Å². The van der Waals surface area contributed by atoms with Gasteiger partial charge in [-0.15, -0.1) is 5.10 Å². The average molecular weight is 395 g/mol. The Kier molecular flexibility index (Phi) is 6.49. The summed E-state index contributed by atoms with van der Waals surface area (Å²) < 4.78 is 3.77. The number of amides is 2. The largest absolute Gasteiger partial charge is 0.354 e. The molecule has 1 N–H and O–H groups in total. The Morgan fingerprint density at radius 1 is 1.11 bits per heavy atom. The Labute approximate surface area is 168 Å². The van der Waals surface area contributed by atoms with Gasteiger partial charge in [-0.3, -0.25) is 14.5 Å². The molecule has 0 unspecified atom stereocenters. The van der Waals surface area contributed by atoms with Crippen LogP contribution in [0.15, 0.2) is 53.9 Å². The number of carbonyl (C=O) groups is 2. The summed E-state index contributed by atoms with van der Waals surface area (Å²) in [5.74, 6) is -0.547. The summed E-state index contributed by atoms with van der Waals surface area (Å²) in [7, 11) is 0. The van der Waals surface area contributed by atoms with E-state index in [0.29, 0.717) is 12.2 Å². The second-order valence-corrected chi connectivity index (χ2v) is 7.17. The van der Waals surface area contributed by atoms with Crippen LogP contribution in [-0.2, 0) is 11.2 Å². The molecule has 144 valence electrons. The van der Waals surface area contributed by atoms with E-state index in [0.717, 1.165) is 34.6 Å². The van der Waals surface area contributed by atoms with Crippen LogP contribution in [0.2, 0.25) is 0 Å². The van der Waals surface area contributed by atoms with Crippen molar-refractivity contribution >= 4 is 29.0 Å². The first-order valence-electron chi connectivity index (χ1n) is 9.01. The topological polar surface area (TPSA) is 75.2 Å². The van der Waals surface area contributed by atoms with E-state index in [1.165, 1.54) is 4.90 Å². The van der Waals surface area contributed by atoms with Crippen molar-refractivity contribution in [2.75, 3.05) is 18.0 Å². The van der Waals surface area contributed by atoms with Crippen LogP contribution < -0.4 is 10.2 Å². The van der Waals surface area contributed by atoms with Crippen LogP contribution in [0.4, 0.5) is 5.69 Å². The van der Waals surface area contributed by atoms with E-state index in [9.17, 15) is 9.59 Å². The lowest BCUT2D eigenvalue weighted by atomic mass is 10.1. The molecule has 0 aliphatic carbocycles. The van der Waals surface area contributed by atoms with Gasteiger partial charge in [0.25, 0.3) is 5.91 Å². The molecule has 3 aromatic rings. The predicted octanol–water partition coefficient (Wildman–Crippen LogP) is 3.16. The summed E-state index contributed by atoms with van der Waals surface area (Å²) in [4.78, 5) is 27.0. The van der Waals surface area contributed by atoms with Crippen molar-refractivity contribution in [3.63, 3.8) is 0 Å². The fourth-order valence-corrected chi connectivity index (χ4v) is 3.29. The maximum atomic E-state index is 13.0. The summed E-state index contributed by atoms with van der Waals surface area (Å²) in [6.45, 7) is 4.31. The molecule has 2 aromatic carbocycles. The summed E-state index contributed by atoms with van der Waals surface area (Å²) >= 11 is 1.11. The first-order valence-corrected chi connectivity index (χ1v) is 9.85. The maximum Gasteiger partial charge on any atom is 0.280 e. The van der Waals surface area contributed by atoms with E-state index < -0.39 is 0 Å². The van der Waals surface area contributed by atoms with Crippen molar-refractivity contribution < 1.29 is 9.59 Å². The van der Waals surface area contributed by atoms with Gasteiger partial charge in [-0.1, -0.05) is 47.0 Å². The Bertz CT molecular complexity index is 942. The van der Waals surface area contributed by atoms with E-state index in [1.807, 2.05) is 62.4 Å². The number of nitrogens with zero attached hydrogens (tertiary/aromatic N) is 3. The zero-order valence-electron chi connectivity index (χ0n) is 15.9. The number of benzene rings is 2. The van der Waals surface area contributed by atoms with Crippen molar-refractivity contribution in [2.24, 2.45) is 0 Å². The second-order valence-electron chi connectivity index (χ2n) is 6.56. The van der Waals surface area contributed by atoms with Gasteiger partial charge in [0.2, 0.25) is 5.91 Å². The third kappa shape index (κ3) is 5.01. The van der Waals surface area contributed by atoms with Crippen LogP contribution in [0.5, 0.6) is 0 Å². The summed E-state index contributed by atoms with van der Waals surface area (Å²) in [6.07, 6.45) is 0.736. The number of rotatable bonds is 7. The lowest BCUT2D eigenvalue weighted by Gasteiger charge is -2.23. The number of aromatic nitrogens is 2. The van der Waals surface area contributed by atoms with Crippen LogP contribution in [0.1, 0.15) is 27.2 Å². The summed E-state index contributed by atoms with van der Waals surface area (Å²) in [6, 6.07) is 15.8. The van der Waals surface area contributed by atoms with Gasteiger partial charge < -0.3 is 5.32 Å². The van der Waals surface area contributed by atoms with Gasteiger partial charge >= 0.3 is 0 Å². The molecule has 0 radical (unpaired) electrons. The fourth-order valence-electron chi connectivity index (χ4n) is 2.86. The molecule has 1 heterocycles. The smallest absolute Gasteiger partial charge is 0.280 e. The number of anilines is 1. The standard InChI is InChI=1S/C21H22N4O2S/c1-15-8-9-16(2)19(12-15)25(21(27)18-14-28-24-23-18)13-20(26)22-11-10-17-6-4-3-5-7-17/h3-9,12,14H,10-11,13H2,1-2H3,(H,22,26). The highest BCUT2D eigenvalue weighted by Crippen LogP contribution is 2.23. The van der Waals surface area contributed by atoms with Gasteiger partial charge in [0.1, 0.15) is 6.54 Å². The molecule has 6 nitrogen and oxygen atoms in total. The predicted molar refractivity (Wildman–Crippen MR) is 111 cm³/mol. The Morgan fingerprint density at radius 2 is 1.89 bits per heavy atom. The van der Waals surface area contributed by atoms with Gasteiger partial charge in [0.05, 0.1) is 0 Å². The minimum Gasteiger partial charge on any atom is -0.354 e. The molecule has 28 heavy (non-hydrogen) atoms. The van der Waals surface area contributed by atoms with E-state index in [2.05, 4.69) is 14.9 Å². The van der Waals surface area contributed by atoms with Crippen LogP contribution in [0, 0.1) is 13.8 Å². The molecule has 1 aromatic heterocycles. The molecule has 2 amide bonds. The molecular formula is C21H22N4O2S. The number of carbonyl (C=O) groups excluding carboxylic acids is 2. The third-order valence-electron chi connectivity index (χ3n) is 4.36. The number of hydrogen-bond donors (Lipinski definition) is 1. The molecule has 0 saturated heterocycles. The van der Waals surface area contributed by atoms with Crippen LogP contribution >= 0.6 is 11.5 Å². The molecule has 0 fully saturated rings. The lowest BCUT2D eigenvalue weighted by Crippen LogP contribution is -2.42. The summed E-state index contributed by atoms with van der Waals surface area (Å²) in [5.41, 5.74) is 4.02. The molecule has 0 aliphatic rings. The minimum absolute atomic E-state index is 0.0740. The van der Waals surface area contributed by atoms with Gasteiger partial charge in [-0.05, 0) is 54.6 Å². The van der Waals surface area contributed by atoms with Crippen molar-refractivity contribution in [2.45, 2.75) is 20.3 Å². The molecule has 0 aliphatic heterocycles. The van der Waals surface area contributed by atoms with E-state index in [1.54, 1.807) is 5.38 Å². The van der Waals surface area contributed by atoms with E-state index in [-0.39, 0.29) is 24.1 Å².